The largest absolute Gasteiger partial charge is 0.317 e. The van der Waals surface area contributed by atoms with Crippen molar-refractivity contribution in [2.45, 2.75) is 52.9 Å². The van der Waals surface area contributed by atoms with Crippen molar-refractivity contribution < 1.29 is 0 Å². The van der Waals surface area contributed by atoms with Gasteiger partial charge in [0.15, 0.2) is 0 Å². The van der Waals surface area contributed by atoms with Gasteiger partial charge in [0, 0.05) is 0 Å². The Hall–Kier alpha value is -0.0400. The van der Waals surface area contributed by atoms with Crippen LogP contribution in [-0.4, -0.2) is 13.1 Å². The van der Waals surface area contributed by atoms with E-state index in [1.165, 1.54) is 45.2 Å². The highest BCUT2D eigenvalue weighted by atomic mass is 14.8. The maximum absolute atomic E-state index is 3.42. The monoisotopic (exact) mass is 171 g/mol. The summed E-state index contributed by atoms with van der Waals surface area (Å²) in [5.41, 5.74) is 0. The Labute approximate surface area is 77.9 Å². The third-order valence-electron chi connectivity index (χ3n) is 2.06. The molecule has 1 nitrogen and oxygen atoms in total. The van der Waals surface area contributed by atoms with Gasteiger partial charge in [0.25, 0.3) is 0 Å². The number of unbranched alkanes of at least 4 members (excludes halogenated alkanes) is 2. The molecule has 0 unspecified atom stereocenters. The van der Waals surface area contributed by atoms with Crippen molar-refractivity contribution in [3.8, 4) is 0 Å². The van der Waals surface area contributed by atoms with E-state index < -0.39 is 0 Å². The normalized spacial score (nSPS) is 11.0. The van der Waals surface area contributed by atoms with Gasteiger partial charge in [0.05, 0.1) is 0 Å². The van der Waals surface area contributed by atoms with E-state index >= 15 is 0 Å². The second-order valence-corrected chi connectivity index (χ2v) is 3.99. The summed E-state index contributed by atoms with van der Waals surface area (Å²) in [5.74, 6) is 0.883. The maximum atomic E-state index is 3.42. The molecule has 0 radical (unpaired) electrons. The van der Waals surface area contributed by atoms with Crippen LogP contribution in [0.1, 0.15) is 52.9 Å². The van der Waals surface area contributed by atoms with E-state index in [0.717, 1.165) is 5.92 Å². The lowest BCUT2D eigenvalue weighted by Crippen LogP contribution is -2.15. The van der Waals surface area contributed by atoms with Gasteiger partial charge in [-0.05, 0) is 31.8 Å². The molecular weight excluding hydrogens is 146 g/mol. The summed E-state index contributed by atoms with van der Waals surface area (Å²) >= 11 is 0. The van der Waals surface area contributed by atoms with E-state index in [4.69, 9.17) is 0 Å². The minimum Gasteiger partial charge on any atom is -0.317 e. The molecule has 0 spiro atoms. The first-order valence-corrected chi connectivity index (χ1v) is 5.48. The Bertz CT molecular complexity index is 79.1. The van der Waals surface area contributed by atoms with Crippen LogP contribution in [0.15, 0.2) is 0 Å². The van der Waals surface area contributed by atoms with E-state index in [1.807, 2.05) is 0 Å². The maximum Gasteiger partial charge on any atom is -0.00489 e. The first-order chi connectivity index (χ1) is 5.77. The molecule has 0 aromatic heterocycles. The van der Waals surface area contributed by atoms with Crippen molar-refractivity contribution in [3.63, 3.8) is 0 Å². The van der Waals surface area contributed by atoms with Crippen molar-refractivity contribution in [1.29, 1.82) is 0 Å². The summed E-state index contributed by atoms with van der Waals surface area (Å²) < 4.78 is 0. The molecule has 0 amide bonds. The number of hydrogen-bond donors (Lipinski definition) is 1. The standard InChI is InChI=1S/C11H25N/c1-4-9-12-10-7-5-6-8-11(2)3/h11-12H,4-10H2,1-3H3. The summed E-state index contributed by atoms with van der Waals surface area (Å²) in [6, 6.07) is 0. The van der Waals surface area contributed by atoms with Gasteiger partial charge < -0.3 is 5.32 Å². The van der Waals surface area contributed by atoms with Gasteiger partial charge in [-0.25, -0.2) is 0 Å². The molecule has 0 bridgehead atoms. The molecule has 1 N–H and O–H groups in total. The van der Waals surface area contributed by atoms with Gasteiger partial charge >= 0.3 is 0 Å². The van der Waals surface area contributed by atoms with Gasteiger partial charge in [-0.2, -0.15) is 0 Å². The molecule has 0 rings (SSSR count). The molecule has 74 valence electrons. The molecule has 0 aliphatic carbocycles. The number of hydrogen-bond acceptors (Lipinski definition) is 1. The molecule has 0 aromatic rings. The van der Waals surface area contributed by atoms with Gasteiger partial charge in [-0.1, -0.05) is 40.0 Å². The number of rotatable bonds is 8. The molecule has 12 heavy (non-hydrogen) atoms. The van der Waals surface area contributed by atoms with Gasteiger partial charge in [0.2, 0.25) is 0 Å². The Kier molecular flexibility index (Phi) is 9.02. The first kappa shape index (κ1) is 12.0. The fraction of sp³-hybridized carbons (Fsp3) is 1.00. The predicted molar refractivity (Wildman–Crippen MR) is 56.5 cm³/mol. The van der Waals surface area contributed by atoms with Crippen LogP contribution in [0.25, 0.3) is 0 Å². The van der Waals surface area contributed by atoms with Crippen LogP contribution in [0.4, 0.5) is 0 Å². The molecule has 0 aliphatic heterocycles. The van der Waals surface area contributed by atoms with Crippen LogP contribution in [0, 0.1) is 5.92 Å². The quantitative estimate of drug-likeness (QED) is 0.553. The molecule has 0 aliphatic rings. The zero-order chi connectivity index (χ0) is 9.23. The third kappa shape index (κ3) is 9.96. The molecule has 0 atom stereocenters. The second-order valence-electron chi connectivity index (χ2n) is 3.99. The van der Waals surface area contributed by atoms with Crippen molar-refractivity contribution >= 4 is 0 Å². The molecule has 1 heteroatoms. The van der Waals surface area contributed by atoms with Crippen molar-refractivity contribution in [2.75, 3.05) is 13.1 Å². The average molecular weight is 171 g/mol. The minimum atomic E-state index is 0.883. The minimum absolute atomic E-state index is 0.883. The lowest BCUT2D eigenvalue weighted by Gasteiger charge is -2.04. The second kappa shape index (κ2) is 9.05. The summed E-state index contributed by atoms with van der Waals surface area (Å²) in [6.07, 6.45) is 6.81. The van der Waals surface area contributed by atoms with E-state index in [0.29, 0.717) is 0 Å². The highest BCUT2D eigenvalue weighted by Crippen LogP contribution is 2.07. The molecule has 0 fully saturated rings. The van der Waals surface area contributed by atoms with Crippen molar-refractivity contribution in [1.82, 2.24) is 5.32 Å². The Morgan fingerprint density at radius 1 is 1.00 bits per heavy atom. The number of nitrogens with one attached hydrogen (secondary N) is 1. The lowest BCUT2D eigenvalue weighted by atomic mass is 10.1. The van der Waals surface area contributed by atoms with E-state index in [9.17, 15) is 0 Å². The SMILES string of the molecule is CCCNCCCCCC(C)C. The molecule has 0 aromatic carbocycles. The van der Waals surface area contributed by atoms with Gasteiger partial charge in [0.1, 0.15) is 0 Å². The summed E-state index contributed by atoms with van der Waals surface area (Å²) in [5, 5.41) is 3.42. The predicted octanol–water partition coefficient (Wildman–Crippen LogP) is 3.20. The lowest BCUT2D eigenvalue weighted by molar-refractivity contribution is 0.515. The molecule has 0 heterocycles. The van der Waals surface area contributed by atoms with Crippen LogP contribution in [-0.2, 0) is 0 Å². The summed E-state index contributed by atoms with van der Waals surface area (Å²) in [4.78, 5) is 0. The fourth-order valence-electron chi connectivity index (χ4n) is 1.28. The average Bonchev–Trinajstić information content (AvgIpc) is 2.02. The van der Waals surface area contributed by atoms with Crippen LogP contribution in [0.2, 0.25) is 0 Å². The Balaban J connectivity index is 2.82. The van der Waals surface area contributed by atoms with Crippen LogP contribution in [0.3, 0.4) is 0 Å². The Morgan fingerprint density at radius 3 is 2.33 bits per heavy atom. The van der Waals surface area contributed by atoms with Crippen molar-refractivity contribution in [2.24, 2.45) is 5.92 Å². The Morgan fingerprint density at radius 2 is 1.75 bits per heavy atom. The van der Waals surface area contributed by atoms with Crippen LogP contribution in [0.5, 0.6) is 0 Å². The summed E-state index contributed by atoms with van der Waals surface area (Å²) in [6.45, 7) is 9.21. The van der Waals surface area contributed by atoms with Crippen LogP contribution >= 0.6 is 0 Å². The van der Waals surface area contributed by atoms with E-state index in [1.54, 1.807) is 0 Å². The highest BCUT2D eigenvalue weighted by Gasteiger charge is 1.93. The highest BCUT2D eigenvalue weighted by molar-refractivity contribution is 4.50. The van der Waals surface area contributed by atoms with Gasteiger partial charge in [-0.3, -0.25) is 0 Å². The molecule has 0 saturated heterocycles. The molecule has 0 saturated carbocycles. The fourth-order valence-corrected chi connectivity index (χ4v) is 1.28. The van der Waals surface area contributed by atoms with E-state index in [2.05, 4.69) is 26.1 Å². The van der Waals surface area contributed by atoms with Gasteiger partial charge in [-0.15, -0.1) is 0 Å². The third-order valence-corrected chi connectivity index (χ3v) is 2.06. The van der Waals surface area contributed by atoms with Crippen molar-refractivity contribution in [3.05, 3.63) is 0 Å². The van der Waals surface area contributed by atoms with E-state index in [-0.39, 0.29) is 0 Å². The van der Waals surface area contributed by atoms with Crippen LogP contribution < -0.4 is 5.32 Å². The first-order valence-electron chi connectivity index (χ1n) is 5.48. The molecular formula is C11H25N. The zero-order valence-corrected chi connectivity index (χ0v) is 9.03. The topological polar surface area (TPSA) is 12.0 Å². The summed E-state index contributed by atoms with van der Waals surface area (Å²) in [7, 11) is 0. The smallest absolute Gasteiger partial charge is 0.00489 e. The zero-order valence-electron chi connectivity index (χ0n) is 9.03.